The standard InChI is InChI=1S/C27H32O3/c1-19-18-23(11-10-20(19)14-17-25(29)30-27(2,3)4)26(21-8-6-5-7-9-21)22-12-15-24(28)16-13-22/h10-18,28H,5-9H2,1-4H3/b17-14+. The van der Waals surface area contributed by atoms with Gasteiger partial charge in [0.2, 0.25) is 0 Å². The van der Waals surface area contributed by atoms with Crippen molar-refractivity contribution in [2.24, 2.45) is 0 Å². The lowest BCUT2D eigenvalue weighted by Gasteiger charge is -2.21. The largest absolute Gasteiger partial charge is 0.508 e. The number of phenolic OH excluding ortho intramolecular Hbond substituents is 1. The molecule has 2 aromatic carbocycles. The lowest BCUT2D eigenvalue weighted by molar-refractivity contribution is -0.148. The van der Waals surface area contributed by atoms with Crippen molar-refractivity contribution in [2.45, 2.75) is 65.4 Å². The highest BCUT2D eigenvalue weighted by molar-refractivity contribution is 5.88. The molecular formula is C27H32O3. The Kier molecular flexibility index (Phi) is 6.81. The first kappa shape index (κ1) is 21.9. The number of allylic oxidation sites excluding steroid dienone is 1. The van der Waals surface area contributed by atoms with Crippen LogP contribution in [-0.4, -0.2) is 16.7 Å². The van der Waals surface area contributed by atoms with Crippen molar-refractivity contribution in [3.05, 3.63) is 76.4 Å². The minimum Gasteiger partial charge on any atom is -0.508 e. The van der Waals surface area contributed by atoms with Crippen LogP contribution in [0.25, 0.3) is 11.6 Å². The van der Waals surface area contributed by atoms with Gasteiger partial charge in [-0.3, -0.25) is 0 Å². The molecule has 0 bridgehead atoms. The minimum absolute atomic E-state index is 0.283. The third kappa shape index (κ3) is 5.85. The van der Waals surface area contributed by atoms with Gasteiger partial charge in [0.1, 0.15) is 11.4 Å². The molecule has 1 aliphatic rings. The molecule has 3 nitrogen and oxygen atoms in total. The maximum atomic E-state index is 12.0. The molecule has 0 radical (unpaired) electrons. The molecule has 0 unspecified atom stereocenters. The van der Waals surface area contributed by atoms with Crippen LogP contribution >= 0.6 is 0 Å². The number of aromatic hydroxyl groups is 1. The zero-order valence-electron chi connectivity index (χ0n) is 18.5. The molecule has 0 aromatic heterocycles. The highest BCUT2D eigenvalue weighted by atomic mass is 16.6. The Hall–Kier alpha value is -2.81. The molecule has 1 aliphatic carbocycles. The molecule has 1 fully saturated rings. The second kappa shape index (κ2) is 9.34. The number of aryl methyl sites for hydroxylation is 1. The van der Waals surface area contributed by atoms with Crippen LogP contribution in [0, 0.1) is 6.92 Å². The second-order valence-electron chi connectivity index (χ2n) is 9.02. The van der Waals surface area contributed by atoms with Crippen LogP contribution in [0.3, 0.4) is 0 Å². The van der Waals surface area contributed by atoms with Gasteiger partial charge in [-0.25, -0.2) is 4.79 Å². The SMILES string of the molecule is Cc1cc(C(=C2CCCCC2)c2ccc(O)cc2)ccc1/C=C/C(=O)OC(C)(C)C. The van der Waals surface area contributed by atoms with E-state index in [0.29, 0.717) is 0 Å². The van der Waals surface area contributed by atoms with E-state index < -0.39 is 5.60 Å². The molecule has 1 saturated carbocycles. The van der Waals surface area contributed by atoms with Crippen LogP contribution < -0.4 is 0 Å². The van der Waals surface area contributed by atoms with Gasteiger partial charge < -0.3 is 9.84 Å². The molecular weight excluding hydrogens is 372 g/mol. The molecule has 0 amide bonds. The van der Waals surface area contributed by atoms with Gasteiger partial charge in [-0.1, -0.05) is 42.3 Å². The number of carbonyl (C=O) groups is 1. The Labute approximate surface area is 180 Å². The number of carbonyl (C=O) groups excluding carboxylic acids is 1. The zero-order valence-corrected chi connectivity index (χ0v) is 18.5. The van der Waals surface area contributed by atoms with Crippen molar-refractivity contribution >= 4 is 17.6 Å². The van der Waals surface area contributed by atoms with Crippen molar-refractivity contribution in [1.29, 1.82) is 0 Å². The van der Waals surface area contributed by atoms with Gasteiger partial charge in [-0.05, 0) is 99.4 Å². The number of phenols is 1. The molecule has 0 aliphatic heterocycles. The fourth-order valence-electron chi connectivity index (χ4n) is 3.94. The second-order valence-corrected chi connectivity index (χ2v) is 9.02. The maximum Gasteiger partial charge on any atom is 0.331 e. The fourth-order valence-corrected chi connectivity index (χ4v) is 3.94. The van der Waals surface area contributed by atoms with Crippen molar-refractivity contribution in [1.82, 2.24) is 0 Å². The highest BCUT2D eigenvalue weighted by Crippen LogP contribution is 2.36. The monoisotopic (exact) mass is 404 g/mol. The van der Waals surface area contributed by atoms with E-state index in [-0.39, 0.29) is 11.7 Å². The third-order valence-electron chi connectivity index (χ3n) is 5.33. The normalized spacial score (nSPS) is 14.7. The Morgan fingerprint density at radius 1 is 0.967 bits per heavy atom. The molecule has 3 rings (SSSR count). The predicted octanol–water partition coefficient (Wildman–Crippen LogP) is 6.82. The molecule has 0 saturated heterocycles. The molecule has 0 spiro atoms. The van der Waals surface area contributed by atoms with Gasteiger partial charge in [0.05, 0.1) is 0 Å². The van der Waals surface area contributed by atoms with Gasteiger partial charge >= 0.3 is 5.97 Å². The van der Waals surface area contributed by atoms with E-state index in [9.17, 15) is 9.90 Å². The smallest absolute Gasteiger partial charge is 0.331 e. The number of hydrogen-bond acceptors (Lipinski definition) is 3. The van der Waals surface area contributed by atoms with Crippen molar-refractivity contribution in [3.8, 4) is 5.75 Å². The molecule has 2 aromatic rings. The van der Waals surface area contributed by atoms with Crippen LogP contribution in [-0.2, 0) is 9.53 Å². The summed E-state index contributed by atoms with van der Waals surface area (Å²) in [4.78, 5) is 12.0. The lowest BCUT2D eigenvalue weighted by atomic mass is 9.84. The number of hydrogen-bond donors (Lipinski definition) is 1. The number of benzene rings is 2. The fraction of sp³-hybridized carbons (Fsp3) is 0.370. The number of esters is 1. The highest BCUT2D eigenvalue weighted by Gasteiger charge is 2.16. The van der Waals surface area contributed by atoms with E-state index in [1.54, 1.807) is 12.1 Å². The summed E-state index contributed by atoms with van der Waals surface area (Å²) in [5.41, 5.74) is 6.71. The predicted molar refractivity (Wildman–Crippen MR) is 123 cm³/mol. The topological polar surface area (TPSA) is 46.5 Å². The molecule has 158 valence electrons. The molecule has 3 heteroatoms. The lowest BCUT2D eigenvalue weighted by Crippen LogP contribution is -2.22. The third-order valence-corrected chi connectivity index (χ3v) is 5.33. The summed E-state index contributed by atoms with van der Waals surface area (Å²) in [6.45, 7) is 7.66. The van der Waals surface area contributed by atoms with E-state index >= 15 is 0 Å². The van der Waals surface area contributed by atoms with Crippen LogP contribution in [0.15, 0.2) is 54.1 Å². The minimum atomic E-state index is -0.495. The summed E-state index contributed by atoms with van der Waals surface area (Å²) in [7, 11) is 0. The summed E-state index contributed by atoms with van der Waals surface area (Å²) in [5, 5.41) is 9.71. The van der Waals surface area contributed by atoms with Gasteiger partial charge in [0.15, 0.2) is 0 Å². The average Bonchev–Trinajstić information content (AvgIpc) is 2.68. The molecule has 0 heterocycles. The summed E-state index contributed by atoms with van der Waals surface area (Å²) in [6.07, 6.45) is 9.30. The Morgan fingerprint density at radius 2 is 1.60 bits per heavy atom. The summed E-state index contributed by atoms with van der Waals surface area (Å²) < 4.78 is 5.35. The average molecular weight is 405 g/mol. The van der Waals surface area contributed by atoms with E-state index in [1.165, 1.54) is 42.0 Å². The molecule has 30 heavy (non-hydrogen) atoms. The maximum absolute atomic E-state index is 12.0. The first-order chi connectivity index (χ1) is 14.2. The van der Waals surface area contributed by atoms with E-state index in [2.05, 4.69) is 25.1 Å². The first-order valence-corrected chi connectivity index (χ1v) is 10.8. The van der Waals surface area contributed by atoms with Crippen LogP contribution in [0.4, 0.5) is 0 Å². The van der Waals surface area contributed by atoms with Gasteiger partial charge in [-0.15, -0.1) is 0 Å². The van der Waals surface area contributed by atoms with E-state index in [4.69, 9.17) is 4.74 Å². The summed E-state index contributed by atoms with van der Waals surface area (Å²) in [5.74, 6) is -0.0503. The van der Waals surface area contributed by atoms with Crippen molar-refractivity contribution < 1.29 is 14.6 Å². The van der Waals surface area contributed by atoms with Crippen LogP contribution in [0.2, 0.25) is 0 Å². The summed E-state index contributed by atoms with van der Waals surface area (Å²) in [6, 6.07) is 13.9. The van der Waals surface area contributed by atoms with Gasteiger partial charge in [0, 0.05) is 6.08 Å². The van der Waals surface area contributed by atoms with Crippen LogP contribution in [0.1, 0.15) is 75.1 Å². The van der Waals surface area contributed by atoms with Gasteiger partial charge in [-0.2, -0.15) is 0 Å². The van der Waals surface area contributed by atoms with E-state index in [0.717, 1.165) is 29.5 Å². The first-order valence-electron chi connectivity index (χ1n) is 10.8. The van der Waals surface area contributed by atoms with Crippen molar-refractivity contribution in [3.63, 3.8) is 0 Å². The molecule has 1 N–H and O–H groups in total. The summed E-state index contributed by atoms with van der Waals surface area (Å²) >= 11 is 0. The quantitative estimate of drug-likeness (QED) is 0.449. The van der Waals surface area contributed by atoms with Crippen molar-refractivity contribution in [2.75, 3.05) is 0 Å². The Bertz CT molecular complexity index is 949. The van der Waals surface area contributed by atoms with E-state index in [1.807, 2.05) is 39.0 Å². The number of ether oxygens (including phenoxy) is 1. The number of rotatable bonds is 4. The van der Waals surface area contributed by atoms with Crippen LogP contribution in [0.5, 0.6) is 5.75 Å². The Morgan fingerprint density at radius 3 is 2.20 bits per heavy atom. The Balaban J connectivity index is 1.93. The van der Waals surface area contributed by atoms with Gasteiger partial charge in [0.25, 0.3) is 0 Å². The molecule has 0 atom stereocenters. The zero-order chi connectivity index (χ0) is 21.7.